The lowest BCUT2D eigenvalue weighted by Gasteiger charge is -2.18. The van der Waals surface area contributed by atoms with E-state index >= 15 is 0 Å². The number of benzene rings is 3. The lowest BCUT2D eigenvalue weighted by molar-refractivity contribution is -0.122. The highest BCUT2D eigenvalue weighted by atomic mass is 16.2. The Morgan fingerprint density at radius 2 is 1.64 bits per heavy atom. The van der Waals surface area contributed by atoms with E-state index in [2.05, 4.69) is 10.6 Å². The van der Waals surface area contributed by atoms with Gasteiger partial charge in [-0.25, -0.2) is 0 Å². The van der Waals surface area contributed by atoms with Gasteiger partial charge < -0.3 is 15.5 Å². The van der Waals surface area contributed by atoms with Crippen LogP contribution >= 0.6 is 0 Å². The van der Waals surface area contributed by atoms with Crippen LogP contribution in [0.2, 0.25) is 0 Å². The molecule has 1 atom stereocenters. The molecule has 0 saturated carbocycles. The summed E-state index contributed by atoms with van der Waals surface area (Å²) in [5, 5.41) is 5.85. The van der Waals surface area contributed by atoms with Crippen LogP contribution in [0.15, 0.2) is 66.7 Å². The fourth-order valence-corrected chi connectivity index (χ4v) is 3.98. The summed E-state index contributed by atoms with van der Waals surface area (Å²) in [7, 11) is 0. The summed E-state index contributed by atoms with van der Waals surface area (Å²) in [6.07, 6.45) is 0.135. The summed E-state index contributed by atoms with van der Waals surface area (Å²) in [5.41, 5.74) is 5.62. The quantitative estimate of drug-likeness (QED) is 0.594. The van der Waals surface area contributed by atoms with E-state index in [1.54, 1.807) is 29.2 Å². The topological polar surface area (TPSA) is 78.5 Å². The van der Waals surface area contributed by atoms with Crippen molar-refractivity contribution in [1.82, 2.24) is 0 Å². The summed E-state index contributed by atoms with van der Waals surface area (Å²) >= 11 is 0. The van der Waals surface area contributed by atoms with Crippen LogP contribution in [0.5, 0.6) is 0 Å². The molecule has 2 N–H and O–H groups in total. The first-order valence-corrected chi connectivity index (χ1v) is 11.0. The minimum Gasteiger partial charge on any atom is -0.326 e. The summed E-state index contributed by atoms with van der Waals surface area (Å²) in [6.45, 7) is 6.15. The SMILES string of the molecule is Cc1cccc(NC(=O)c2cccc(N3CC(C(=O)Nc4cc(C)ccc4C)CC3=O)c2)c1. The molecule has 3 aromatic rings. The molecule has 1 aliphatic heterocycles. The lowest BCUT2D eigenvalue weighted by Crippen LogP contribution is -2.28. The maximum absolute atomic E-state index is 12.9. The molecule has 0 radical (unpaired) electrons. The molecule has 1 fully saturated rings. The number of anilines is 3. The van der Waals surface area contributed by atoms with Gasteiger partial charge in [0.05, 0.1) is 5.92 Å². The molecule has 1 heterocycles. The molecule has 168 valence electrons. The van der Waals surface area contributed by atoms with E-state index < -0.39 is 5.92 Å². The summed E-state index contributed by atoms with van der Waals surface area (Å²) < 4.78 is 0. The highest BCUT2D eigenvalue weighted by Crippen LogP contribution is 2.28. The fraction of sp³-hybridized carbons (Fsp3) is 0.222. The third-order valence-electron chi connectivity index (χ3n) is 5.84. The zero-order chi connectivity index (χ0) is 23.5. The van der Waals surface area contributed by atoms with Crippen molar-refractivity contribution in [3.63, 3.8) is 0 Å². The molecule has 33 heavy (non-hydrogen) atoms. The van der Waals surface area contributed by atoms with E-state index in [0.29, 0.717) is 16.9 Å². The van der Waals surface area contributed by atoms with Gasteiger partial charge >= 0.3 is 0 Å². The average Bonchev–Trinajstić information content (AvgIpc) is 3.18. The van der Waals surface area contributed by atoms with Crippen molar-refractivity contribution in [1.29, 1.82) is 0 Å². The number of carbonyl (C=O) groups excluding carboxylic acids is 3. The second-order valence-corrected chi connectivity index (χ2v) is 8.59. The maximum atomic E-state index is 12.9. The van der Waals surface area contributed by atoms with Crippen LogP contribution in [0.1, 0.15) is 33.5 Å². The second kappa shape index (κ2) is 9.28. The number of aryl methyl sites for hydroxylation is 3. The normalized spacial score (nSPS) is 15.4. The molecular weight excluding hydrogens is 414 g/mol. The fourth-order valence-electron chi connectivity index (χ4n) is 3.98. The Morgan fingerprint density at radius 3 is 2.42 bits per heavy atom. The Hall–Kier alpha value is -3.93. The Kier molecular flexibility index (Phi) is 6.27. The third kappa shape index (κ3) is 5.12. The van der Waals surface area contributed by atoms with Crippen LogP contribution in [0.3, 0.4) is 0 Å². The minimum absolute atomic E-state index is 0.132. The van der Waals surface area contributed by atoms with E-state index in [9.17, 15) is 14.4 Å². The number of hydrogen-bond donors (Lipinski definition) is 2. The predicted octanol–water partition coefficient (Wildman–Crippen LogP) is 4.86. The van der Waals surface area contributed by atoms with Gasteiger partial charge in [-0.3, -0.25) is 14.4 Å². The van der Waals surface area contributed by atoms with Gasteiger partial charge in [-0.15, -0.1) is 0 Å². The molecular formula is C27H27N3O3. The van der Waals surface area contributed by atoms with Gasteiger partial charge in [0.2, 0.25) is 11.8 Å². The standard InChI is InChI=1S/C27H27N3O3/c1-17-6-4-8-22(12-17)28-26(32)20-7-5-9-23(14-20)30-16-21(15-25(30)31)27(33)29-24-13-18(2)10-11-19(24)3/h4-14,21H,15-16H2,1-3H3,(H,28,32)(H,29,33). The first kappa shape index (κ1) is 22.3. The Labute approximate surface area is 193 Å². The van der Waals surface area contributed by atoms with Gasteiger partial charge in [0.25, 0.3) is 5.91 Å². The van der Waals surface area contributed by atoms with E-state index in [0.717, 1.165) is 22.4 Å². The molecule has 4 rings (SSSR count). The van der Waals surface area contributed by atoms with Crippen molar-refractivity contribution < 1.29 is 14.4 Å². The minimum atomic E-state index is -0.456. The zero-order valence-corrected chi connectivity index (χ0v) is 19.0. The first-order chi connectivity index (χ1) is 15.8. The highest BCUT2D eigenvalue weighted by Gasteiger charge is 2.35. The van der Waals surface area contributed by atoms with Crippen LogP contribution in [0.4, 0.5) is 17.1 Å². The number of nitrogens with one attached hydrogen (secondary N) is 2. The van der Waals surface area contributed by atoms with Crippen LogP contribution in [0.25, 0.3) is 0 Å². The largest absolute Gasteiger partial charge is 0.326 e. The van der Waals surface area contributed by atoms with Gasteiger partial charge in [-0.05, 0) is 73.9 Å². The van der Waals surface area contributed by atoms with Crippen LogP contribution in [-0.4, -0.2) is 24.3 Å². The van der Waals surface area contributed by atoms with Crippen molar-refractivity contribution >= 4 is 34.8 Å². The van der Waals surface area contributed by atoms with Gasteiger partial charge in [0.1, 0.15) is 0 Å². The number of carbonyl (C=O) groups is 3. The molecule has 6 nitrogen and oxygen atoms in total. The number of rotatable bonds is 5. The molecule has 1 saturated heterocycles. The molecule has 0 spiro atoms. The summed E-state index contributed by atoms with van der Waals surface area (Å²) in [5.74, 6) is -1.01. The van der Waals surface area contributed by atoms with Crippen molar-refractivity contribution in [2.24, 2.45) is 5.92 Å². The van der Waals surface area contributed by atoms with Gasteiger partial charge in [0, 0.05) is 35.6 Å². The average molecular weight is 442 g/mol. The maximum Gasteiger partial charge on any atom is 0.255 e. The van der Waals surface area contributed by atoms with E-state index in [4.69, 9.17) is 0 Å². The zero-order valence-electron chi connectivity index (χ0n) is 19.0. The van der Waals surface area contributed by atoms with Crippen molar-refractivity contribution in [2.75, 3.05) is 22.1 Å². The number of hydrogen-bond acceptors (Lipinski definition) is 3. The molecule has 1 unspecified atom stereocenters. The first-order valence-electron chi connectivity index (χ1n) is 11.0. The molecule has 0 aliphatic carbocycles. The lowest BCUT2D eigenvalue weighted by atomic mass is 10.1. The predicted molar refractivity (Wildman–Crippen MR) is 131 cm³/mol. The monoisotopic (exact) mass is 441 g/mol. The molecule has 0 aromatic heterocycles. The summed E-state index contributed by atoms with van der Waals surface area (Å²) in [4.78, 5) is 39.9. The van der Waals surface area contributed by atoms with Gasteiger partial charge in [-0.2, -0.15) is 0 Å². The smallest absolute Gasteiger partial charge is 0.255 e. The molecule has 1 aliphatic rings. The number of nitrogens with zero attached hydrogens (tertiary/aromatic N) is 1. The van der Waals surface area contributed by atoms with Crippen LogP contribution < -0.4 is 15.5 Å². The molecule has 6 heteroatoms. The van der Waals surface area contributed by atoms with E-state index in [-0.39, 0.29) is 30.7 Å². The van der Waals surface area contributed by atoms with Crippen molar-refractivity contribution in [3.05, 3.63) is 89.0 Å². The highest BCUT2D eigenvalue weighted by molar-refractivity contribution is 6.07. The van der Waals surface area contributed by atoms with Gasteiger partial charge in [0.15, 0.2) is 0 Å². The van der Waals surface area contributed by atoms with Crippen molar-refractivity contribution in [2.45, 2.75) is 27.2 Å². The molecule has 3 aromatic carbocycles. The number of amides is 3. The second-order valence-electron chi connectivity index (χ2n) is 8.59. The molecule has 0 bridgehead atoms. The van der Waals surface area contributed by atoms with Crippen molar-refractivity contribution in [3.8, 4) is 0 Å². The van der Waals surface area contributed by atoms with Crippen LogP contribution in [-0.2, 0) is 9.59 Å². The van der Waals surface area contributed by atoms with Crippen LogP contribution in [0, 0.1) is 26.7 Å². The Morgan fingerprint density at radius 1 is 0.879 bits per heavy atom. The van der Waals surface area contributed by atoms with E-state index in [1.807, 2.05) is 63.2 Å². The Balaban J connectivity index is 1.46. The third-order valence-corrected chi connectivity index (χ3v) is 5.84. The molecule has 3 amide bonds. The van der Waals surface area contributed by atoms with Gasteiger partial charge in [-0.1, -0.05) is 30.3 Å². The summed E-state index contributed by atoms with van der Waals surface area (Å²) in [6, 6.07) is 20.4. The van der Waals surface area contributed by atoms with E-state index in [1.165, 1.54) is 0 Å². The Bertz CT molecular complexity index is 1230.